The minimum absolute atomic E-state index is 0.0549. The van der Waals surface area contributed by atoms with Crippen LogP contribution in [0.1, 0.15) is 46.5 Å². The van der Waals surface area contributed by atoms with Crippen LogP contribution < -0.4 is 10.1 Å². The van der Waals surface area contributed by atoms with Gasteiger partial charge in [-0.3, -0.25) is 9.59 Å². The fourth-order valence-electron chi connectivity index (χ4n) is 3.76. The van der Waals surface area contributed by atoms with Gasteiger partial charge < -0.3 is 10.1 Å². The summed E-state index contributed by atoms with van der Waals surface area (Å²) in [6.45, 7) is 5.67. The highest BCUT2D eigenvalue weighted by molar-refractivity contribution is 6.05. The molecular formula is C25H21F2NO3. The fraction of sp³-hybridized carbons (Fsp3) is 0.200. The third-order valence-electron chi connectivity index (χ3n) is 5.24. The van der Waals surface area contributed by atoms with Gasteiger partial charge in [-0.25, -0.2) is 8.78 Å². The van der Waals surface area contributed by atoms with Crippen LogP contribution in [0.2, 0.25) is 0 Å². The van der Waals surface area contributed by atoms with E-state index in [1.807, 2.05) is 32.9 Å². The van der Waals surface area contributed by atoms with Crippen molar-refractivity contribution in [3.05, 3.63) is 82.9 Å². The molecule has 1 aliphatic rings. The summed E-state index contributed by atoms with van der Waals surface area (Å²) in [6, 6.07) is 13.8. The number of anilines is 1. The van der Waals surface area contributed by atoms with Crippen molar-refractivity contribution < 1.29 is 23.1 Å². The van der Waals surface area contributed by atoms with E-state index in [0.717, 1.165) is 28.8 Å². The minimum Gasteiger partial charge on any atom is -0.487 e. The van der Waals surface area contributed by atoms with Crippen LogP contribution in [0.25, 0.3) is 11.1 Å². The van der Waals surface area contributed by atoms with Crippen LogP contribution >= 0.6 is 0 Å². The summed E-state index contributed by atoms with van der Waals surface area (Å²) in [7, 11) is 0. The lowest BCUT2D eigenvalue weighted by atomic mass is 9.89. The maximum Gasteiger partial charge on any atom is 0.261 e. The molecule has 6 heteroatoms. The minimum atomic E-state index is -0.920. The number of hydrogen-bond acceptors (Lipinski definition) is 3. The van der Waals surface area contributed by atoms with Crippen LogP contribution in [-0.4, -0.2) is 17.3 Å². The molecule has 1 aliphatic heterocycles. The van der Waals surface area contributed by atoms with Crippen molar-refractivity contribution in [1.82, 2.24) is 0 Å². The van der Waals surface area contributed by atoms with E-state index in [1.54, 1.807) is 24.3 Å². The summed E-state index contributed by atoms with van der Waals surface area (Å²) in [6.07, 6.45) is 0.329. The average Bonchev–Trinajstić information content (AvgIpc) is 2.68. The summed E-state index contributed by atoms with van der Waals surface area (Å²) < 4.78 is 33.6. The third-order valence-corrected chi connectivity index (χ3v) is 5.24. The summed E-state index contributed by atoms with van der Waals surface area (Å²) in [4.78, 5) is 24.7. The lowest BCUT2D eigenvalue weighted by Gasteiger charge is -2.32. The first-order valence-corrected chi connectivity index (χ1v) is 9.87. The molecule has 3 aromatic carbocycles. The lowest BCUT2D eigenvalue weighted by molar-refractivity contribution is 0.0620. The van der Waals surface area contributed by atoms with E-state index in [1.165, 1.54) is 6.07 Å². The Hall–Kier alpha value is -3.54. The summed E-state index contributed by atoms with van der Waals surface area (Å²) >= 11 is 0. The molecule has 31 heavy (non-hydrogen) atoms. The van der Waals surface area contributed by atoms with Crippen LogP contribution in [0.3, 0.4) is 0 Å². The first-order valence-electron chi connectivity index (χ1n) is 9.87. The molecule has 1 amide bonds. The van der Waals surface area contributed by atoms with E-state index in [9.17, 15) is 18.4 Å². The van der Waals surface area contributed by atoms with E-state index in [-0.39, 0.29) is 5.78 Å². The normalized spacial score (nSPS) is 14.5. The van der Waals surface area contributed by atoms with Gasteiger partial charge in [-0.1, -0.05) is 18.2 Å². The molecule has 4 nitrogen and oxygen atoms in total. The SMILES string of the molecule is Cc1cc2c(cc1-c1ccc(NC(=O)c3c(F)cccc3F)cc1)OC(C)(C)CC2=O. The van der Waals surface area contributed by atoms with E-state index < -0.39 is 28.7 Å². The first-order chi connectivity index (χ1) is 14.6. The maximum absolute atomic E-state index is 13.8. The molecule has 1 heterocycles. The number of nitrogens with one attached hydrogen (secondary N) is 1. The topological polar surface area (TPSA) is 55.4 Å². The Labute approximate surface area is 178 Å². The second-order valence-corrected chi connectivity index (χ2v) is 8.25. The van der Waals surface area contributed by atoms with Crippen LogP contribution in [0.5, 0.6) is 5.75 Å². The summed E-state index contributed by atoms with van der Waals surface area (Å²) in [5.74, 6) is -2.09. The van der Waals surface area contributed by atoms with Gasteiger partial charge in [0.05, 0.1) is 12.0 Å². The molecule has 0 saturated heterocycles. The Bertz CT molecular complexity index is 1180. The number of carbonyl (C=O) groups is 2. The molecule has 0 fully saturated rings. The van der Waals surface area contributed by atoms with Crippen LogP contribution in [-0.2, 0) is 0 Å². The summed E-state index contributed by atoms with van der Waals surface area (Å²) in [5, 5.41) is 2.51. The Morgan fingerprint density at radius 2 is 1.65 bits per heavy atom. The van der Waals surface area contributed by atoms with Crippen molar-refractivity contribution in [3.63, 3.8) is 0 Å². The van der Waals surface area contributed by atoms with Crippen molar-refractivity contribution in [3.8, 4) is 16.9 Å². The number of benzene rings is 3. The van der Waals surface area contributed by atoms with Crippen LogP contribution in [0.4, 0.5) is 14.5 Å². The number of amides is 1. The Morgan fingerprint density at radius 3 is 2.29 bits per heavy atom. The second-order valence-electron chi connectivity index (χ2n) is 8.25. The van der Waals surface area contributed by atoms with Gasteiger partial charge in [0.15, 0.2) is 5.78 Å². The highest BCUT2D eigenvalue weighted by Crippen LogP contribution is 2.38. The van der Waals surface area contributed by atoms with Crippen molar-refractivity contribution in [2.45, 2.75) is 32.8 Å². The number of rotatable bonds is 3. The molecule has 0 atom stereocenters. The van der Waals surface area contributed by atoms with E-state index >= 15 is 0 Å². The van der Waals surface area contributed by atoms with Crippen LogP contribution in [0.15, 0.2) is 54.6 Å². The third kappa shape index (κ3) is 4.06. The molecule has 0 unspecified atom stereocenters. The molecular weight excluding hydrogens is 400 g/mol. The van der Waals surface area contributed by atoms with Gasteiger partial charge in [-0.2, -0.15) is 0 Å². The second kappa shape index (κ2) is 7.61. The standard InChI is InChI=1S/C25H21F2NO3/c1-14-11-18-21(29)13-25(2,3)31-22(18)12-17(14)15-7-9-16(10-8-15)28-24(30)23-19(26)5-4-6-20(23)27/h4-12H,13H2,1-3H3,(H,28,30). The van der Waals surface area contributed by atoms with Gasteiger partial charge in [0.2, 0.25) is 0 Å². The zero-order valence-electron chi connectivity index (χ0n) is 17.4. The smallest absolute Gasteiger partial charge is 0.261 e. The van der Waals surface area contributed by atoms with Gasteiger partial charge in [0, 0.05) is 5.69 Å². The van der Waals surface area contributed by atoms with E-state index in [0.29, 0.717) is 23.4 Å². The number of aryl methyl sites for hydroxylation is 1. The number of fused-ring (bicyclic) bond motifs is 1. The number of ketones is 1. The highest BCUT2D eigenvalue weighted by Gasteiger charge is 2.33. The van der Waals surface area contributed by atoms with Crippen molar-refractivity contribution in [2.75, 3.05) is 5.32 Å². The summed E-state index contributed by atoms with van der Waals surface area (Å²) in [5.41, 5.74) is 2.46. The molecule has 0 aliphatic carbocycles. The van der Waals surface area contributed by atoms with Gasteiger partial charge in [0.25, 0.3) is 5.91 Å². The largest absolute Gasteiger partial charge is 0.487 e. The molecule has 158 valence electrons. The Morgan fingerprint density at radius 1 is 1.00 bits per heavy atom. The Kier molecular flexibility index (Phi) is 5.09. The lowest BCUT2D eigenvalue weighted by Crippen LogP contribution is -2.35. The molecule has 0 bridgehead atoms. The van der Waals surface area contributed by atoms with Crippen molar-refractivity contribution >= 4 is 17.4 Å². The predicted octanol–water partition coefficient (Wildman–Crippen LogP) is 5.94. The number of halogens is 2. The van der Waals surface area contributed by atoms with Gasteiger partial charge >= 0.3 is 0 Å². The number of Topliss-reactive ketones (excluding diaryl/α,β-unsaturated/α-hetero) is 1. The molecule has 3 aromatic rings. The number of ether oxygens (including phenoxy) is 1. The number of hydrogen-bond donors (Lipinski definition) is 1. The quantitative estimate of drug-likeness (QED) is 0.570. The maximum atomic E-state index is 13.8. The predicted molar refractivity (Wildman–Crippen MR) is 115 cm³/mol. The molecule has 0 saturated carbocycles. The van der Waals surface area contributed by atoms with Crippen molar-refractivity contribution in [1.29, 1.82) is 0 Å². The van der Waals surface area contributed by atoms with Gasteiger partial charge in [-0.05, 0) is 73.9 Å². The zero-order chi connectivity index (χ0) is 22.3. The molecule has 0 radical (unpaired) electrons. The monoisotopic (exact) mass is 421 g/mol. The first kappa shape index (κ1) is 20.7. The van der Waals surface area contributed by atoms with E-state index in [4.69, 9.17) is 4.74 Å². The zero-order valence-corrected chi connectivity index (χ0v) is 17.4. The van der Waals surface area contributed by atoms with Crippen LogP contribution in [0, 0.1) is 18.6 Å². The highest BCUT2D eigenvalue weighted by atomic mass is 19.1. The molecule has 0 aromatic heterocycles. The molecule has 4 rings (SSSR count). The van der Waals surface area contributed by atoms with Crippen molar-refractivity contribution in [2.24, 2.45) is 0 Å². The fourth-order valence-corrected chi connectivity index (χ4v) is 3.76. The molecule has 0 spiro atoms. The van der Waals surface area contributed by atoms with Gasteiger partial charge in [0.1, 0.15) is 28.5 Å². The Balaban J connectivity index is 1.60. The average molecular weight is 421 g/mol. The van der Waals surface area contributed by atoms with Gasteiger partial charge in [-0.15, -0.1) is 0 Å². The molecule has 1 N–H and O–H groups in total. The number of carbonyl (C=O) groups excluding carboxylic acids is 2. The van der Waals surface area contributed by atoms with E-state index in [2.05, 4.69) is 5.32 Å².